The van der Waals surface area contributed by atoms with Gasteiger partial charge in [0.15, 0.2) is 26.9 Å². The third kappa shape index (κ3) is 21.5. The largest absolute Gasteiger partial charge is 0.481 e. The van der Waals surface area contributed by atoms with E-state index >= 15 is 0 Å². The summed E-state index contributed by atoms with van der Waals surface area (Å²) in [7, 11) is 3.89. The highest BCUT2D eigenvalue weighted by Crippen LogP contribution is 2.38. The minimum Gasteiger partial charge on any atom is -0.481 e. The topological polar surface area (TPSA) is 428 Å². The van der Waals surface area contributed by atoms with Gasteiger partial charge in [0.05, 0.1) is 62.6 Å². The van der Waals surface area contributed by atoms with Crippen LogP contribution in [-0.2, 0) is 57.9 Å². The quantitative estimate of drug-likeness (QED) is 0.0120. The Morgan fingerprint density at radius 3 is 0.896 bits per heavy atom. The van der Waals surface area contributed by atoms with Crippen molar-refractivity contribution in [2.75, 3.05) is 60.8 Å². The number of nitrogens with two attached hydrogens (primary N) is 5. The molecule has 0 atom stereocenters. The average Bonchev–Trinajstić information content (AvgIpc) is 1.62. The van der Waals surface area contributed by atoms with Crippen molar-refractivity contribution < 1.29 is 82.0 Å². The second-order valence-electron chi connectivity index (χ2n) is 19.8. The average molecular weight is 1320 g/mol. The number of aliphatic hydroxyl groups excluding tert-OH is 1. The van der Waals surface area contributed by atoms with E-state index in [-0.39, 0.29) is 55.5 Å². The van der Waals surface area contributed by atoms with Gasteiger partial charge in [-0.15, -0.1) is 0 Å². The van der Waals surface area contributed by atoms with E-state index in [1.54, 1.807) is 84.0 Å². The Bertz CT molecular complexity index is 3970. The second kappa shape index (κ2) is 39.8. The lowest BCUT2D eigenvalue weighted by Crippen LogP contribution is -2.24. The summed E-state index contributed by atoms with van der Waals surface area (Å²) in [5.41, 5.74) is 32.2. The first-order valence-corrected chi connectivity index (χ1v) is 29.7. The molecular formula is C69H81N9O18. The number of amides is 3. The number of carbonyl (C=O) groups is 9. The highest BCUT2D eigenvalue weighted by atomic mass is 16.6. The number of aliphatic hydroxyl groups is 1. The first-order chi connectivity index (χ1) is 45.9. The van der Waals surface area contributed by atoms with Gasteiger partial charge in [0.1, 0.15) is 17.2 Å². The summed E-state index contributed by atoms with van der Waals surface area (Å²) in [5.74, 6) is -6.95. The Labute approximate surface area is 553 Å². The second-order valence-corrected chi connectivity index (χ2v) is 19.8. The molecule has 6 aromatic carbocycles. The van der Waals surface area contributed by atoms with Crippen LogP contribution in [0.5, 0.6) is 17.2 Å². The van der Waals surface area contributed by atoms with E-state index in [4.69, 9.17) is 61.2 Å². The molecule has 0 aliphatic heterocycles. The van der Waals surface area contributed by atoms with Crippen molar-refractivity contribution in [3.63, 3.8) is 0 Å². The van der Waals surface area contributed by atoms with Gasteiger partial charge in [-0.2, -0.15) is 0 Å². The van der Waals surface area contributed by atoms with Gasteiger partial charge in [-0.25, -0.2) is 14.4 Å². The molecule has 0 radical (unpaired) electrons. The van der Waals surface area contributed by atoms with Gasteiger partial charge in [-0.1, -0.05) is 109 Å². The van der Waals surface area contributed by atoms with Gasteiger partial charge < -0.3 is 76.3 Å². The number of nitro groups is 1. The summed E-state index contributed by atoms with van der Waals surface area (Å²) in [6.45, 7) is 11.3. The molecule has 0 saturated heterocycles. The van der Waals surface area contributed by atoms with Gasteiger partial charge in [0, 0.05) is 48.2 Å². The number of benzene rings is 6. The van der Waals surface area contributed by atoms with Crippen molar-refractivity contribution in [3.05, 3.63) is 206 Å². The van der Waals surface area contributed by atoms with Crippen LogP contribution in [0.4, 0.5) is 0 Å². The molecule has 96 heavy (non-hydrogen) atoms. The monoisotopic (exact) mass is 1320 g/mol. The lowest BCUT2D eigenvalue weighted by Gasteiger charge is -2.10. The molecule has 0 spiro atoms. The number of ether oxygens (including phenoxy) is 5. The third-order valence-corrected chi connectivity index (χ3v) is 13.5. The van der Waals surface area contributed by atoms with Crippen molar-refractivity contribution in [1.82, 2.24) is 13.7 Å². The molecule has 0 bridgehead atoms. The number of fused-ring (bicyclic) bond motifs is 3. The number of primary amides is 3. The number of ketones is 3. The lowest BCUT2D eigenvalue weighted by atomic mass is 10.1. The summed E-state index contributed by atoms with van der Waals surface area (Å²) >= 11 is 0. The van der Waals surface area contributed by atoms with E-state index in [9.17, 15) is 43.2 Å². The maximum Gasteiger partial charge on any atom is 0.344 e. The van der Waals surface area contributed by atoms with Crippen LogP contribution in [0.25, 0.3) is 32.7 Å². The Morgan fingerprint density at radius 1 is 0.438 bits per heavy atom. The number of rotatable bonds is 23. The van der Waals surface area contributed by atoms with Crippen molar-refractivity contribution >= 4 is 85.7 Å². The number of aromatic nitrogens is 3. The Kier molecular flexibility index (Phi) is 32.6. The molecule has 0 fully saturated rings. The van der Waals surface area contributed by atoms with Crippen molar-refractivity contribution in [1.29, 1.82) is 0 Å². The minimum atomic E-state index is -1.14. The molecule has 12 N–H and O–H groups in total. The zero-order valence-electron chi connectivity index (χ0n) is 54.8. The molecule has 0 aliphatic rings. The summed E-state index contributed by atoms with van der Waals surface area (Å²) in [4.78, 5) is 115. The normalized spacial score (nSPS) is 10.0. The first kappa shape index (κ1) is 78.7. The van der Waals surface area contributed by atoms with Gasteiger partial charge in [0.25, 0.3) is 35.1 Å². The molecule has 27 nitrogen and oxygen atoms in total. The van der Waals surface area contributed by atoms with Crippen LogP contribution in [0, 0.1) is 30.9 Å². The van der Waals surface area contributed by atoms with E-state index < -0.39 is 64.5 Å². The highest BCUT2D eigenvalue weighted by Gasteiger charge is 2.29. The first-order valence-electron chi connectivity index (χ1n) is 29.7. The number of esters is 2. The molecular weight excluding hydrogens is 1240 g/mol. The number of hydrogen-bond acceptors (Lipinski definition) is 19. The summed E-state index contributed by atoms with van der Waals surface area (Å²) < 4.78 is 32.1. The van der Waals surface area contributed by atoms with E-state index in [0.29, 0.717) is 80.9 Å². The SMILES string of the molecule is CCO.CCOC(=O)COc1cccc2c1c(C(=O)C(N)=O)c(C)n2Cc1ccccc1.CCOC(=O)COc1cccc2c1c(C(=O)C(N)=O)c(C)n2Cc1ccccc1.CN.CN.C[N+](=O)[O-].Cc1c(C(=O)C(N)=O)c2c(OCC(=O)O)cccc2n1Cc1ccccc1. The summed E-state index contributed by atoms with van der Waals surface area (Å²) in [6, 6.07) is 44.6. The van der Waals surface area contributed by atoms with E-state index in [1.807, 2.05) is 117 Å². The van der Waals surface area contributed by atoms with Crippen LogP contribution in [0.3, 0.4) is 0 Å². The molecule has 0 unspecified atom stereocenters. The van der Waals surface area contributed by atoms with Gasteiger partial charge in [-0.3, -0.25) is 38.9 Å². The molecule has 27 heteroatoms. The van der Waals surface area contributed by atoms with Crippen molar-refractivity contribution in [2.45, 2.75) is 61.2 Å². The number of carboxylic acid groups (broad SMARTS) is 1. The minimum absolute atomic E-state index is 0.134. The highest BCUT2D eigenvalue weighted by molar-refractivity contribution is 6.46. The molecule has 9 rings (SSSR count). The number of carboxylic acids is 1. The van der Waals surface area contributed by atoms with Crippen LogP contribution in [-0.4, -0.2) is 143 Å². The van der Waals surface area contributed by atoms with E-state index in [2.05, 4.69) is 11.5 Å². The number of nitrogens with zero attached hydrogens (tertiary/aromatic N) is 4. The Balaban J connectivity index is 0.000000348. The van der Waals surface area contributed by atoms with Crippen LogP contribution in [0.15, 0.2) is 146 Å². The van der Waals surface area contributed by atoms with Crippen molar-refractivity contribution in [2.24, 2.45) is 28.7 Å². The maximum absolute atomic E-state index is 12.6. The van der Waals surface area contributed by atoms with E-state index in [1.165, 1.54) is 14.1 Å². The van der Waals surface area contributed by atoms with Crippen LogP contribution in [0.2, 0.25) is 0 Å². The number of hydrogen-bond donors (Lipinski definition) is 7. The molecule has 3 heterocycles. The molecule has 510 valence electrons. The van der Waals surface area contributed by atoms with Gasteiger partial charge in [-0.05, 0) is 109 Å². The number of carbonyl (C=O) groups excluding carboxylic acids is 8. The predicted molar refractivity (Wildman–Crippen MR) is 361 cm³/mol. The zero-order chi connectivity index (χ0) is 71.8. The van der Waals surface area contributed by atoms with Crippen LogP contribution in [0.1, 0.15) is 85.6 Å². The molecule has 3 amide bonds. The standard InChI is InChI=1S/2C22H22N2O5.C20H18N2O5.C2H6O.CH3NO2.2CH5N/c2*1-3-28-18(25)13-29-17-11-7-10-16-20(17)19(21(26)22(23)27)14(2)24(16)12-15-8-5-4-6-9-15;1-12-17(19(25)20(21)26)18-14(8-5-9-15(18)27-11-16(23)24)22(12)10-13-6-3-2-4-7-13;1-2-3;1-2(3)4;2*1-2/h2*4-11H,3,12-13H2,1-2H3,(H2,23,27);2-9H,10-11H2,1H3,(H2,21,26)(H,23,24);3H,2H2,1H3;1H3;2*2H2,1H3. The summed E-state index contributed by atoms with van der Waals surface area (Å²) in [5, 5.41) is 26.6. The molecule has 9 aromatic rings. The fourth-order valence-electron chi connectivity index (χ4n) is 9.77. The Morgan fingerprint density at radius 2 is 0.677 bits per heavy atom. The maximum atomic E-state index is 12.6. The lowest BCUT2D eigenvalue weighted by molar-refractivity contribution is -0.445. The van der Waals surface area contributed by atoms with Crippen LogP contribution < -0.4 is 42.9 Å². The van der Waals surface area contributed by atoms with Gasteiger partial charge in [0.2, 0.25) is 0 Å². The zero-order valence-corrected chi connectivity index (χ0v) is 54.8. The fraction of sp³-hybridized carbons (Fsp3) is 0.261. The third-order valence-electron chi connectivity index (χ3n) is 13.5. The molecule has 3 aromatic heterocycles. The summed E-state index contributed by atoms with van der Waals surface area (Å²) in [6.07, 6.45) is 0. The molecule has 0 saturated carbocycles. The van der Waals surface area contributed by atoms with Crippen LogP contribution >= 0.6 is 0 Å². The van der Waals surface area contributed by atoms with Gasteiger partial charge >= 0.3 is 17.9 Å². The number of Topliss-reactive ketones (excluding diaryl/α,β-unsaturated/α-hetero) is 3. The van der Waals surface area contributed by atoms with Crippen molar-refractivity contribution in [3.8, 4) is 17.2 Å². The number of aliphatic carboxylic acids is 1. The Hall–Kier alpha value is -11.6. The molecule has 0 aliphatic carbocycles. The predicted octanol–water partition coefficient (Wildman–Crippen LogP) is 6.39. The smallest absolute Gasteiger partial charge is 0.344 e. The van der Waals surface area contributed by atoms with E-state index in [0.717, 1.165) is 23.7 Å². The fourth-order valence-corrected chi connectivity index (χ4v) is 9.77.